The van der Waals surface area contributed by atoms with Gasteiger partial charge in [-0.25, -0.2) is 12.7 Å². The fourth-order valence-corrected chi connectivity index (χ4v) is 2.81. The predicted molar refractivity (Wildman–Crippen MR) is 74.9 cm³/mol. The summed E-state index contributed by atoms with van der Waals surface area (Å²) in [6.07, 6.45) is 0.568. The van der Waals surface area contributed by atoms with Crippen molar-refractivity contribution in [2.75, 3.05) is 13.6 Å². The van der Waals surface area contributed by atoms with Crippen molar-refractivity contribution in [3.05, 3.63) is 0 Å². The molecule has 108 valence electrons. The van der Waals surface area contributed by atoms with Crippen LogP contribution in [-0.2, 0) is 14.8 Å². The molecule has 0 radical (unpaired) electrons. The first-order valence-corrected chi connectivity index (χ1v) is 7.90. The Hall–Kier alpha value is -0.420. The minimum absolute atomic E-state index is 0.116. The molecule has 0 N–H and O–H groups in total. The summed E-state index contributed by atoms with van der Waals surface area (Å²) in [7, 11) is -1.64. The molecular weight excluding hydrogens is 250 g/mol. The maximum Gasteiger partial charge on any atom is 0.216 e. The fourth-order valence-electron chi connectivity index (χ4n) is 1.73. The Morgan fingerprint density at radius 3 is 1.94 bits per heavy atom. The minimum Gasteiger partial charge on any atom is -0.299 e. The highest BCUT2D eigenvalue weighted by Crippen LogP contribution is 2.22. The molecule has 0 aliphatic carbocycles. The average molecular weight is 277 g/mol. The van der Waals surface area contributed by atoms with Gasteiger partial charge >= 0.3 is 0 Å². The van der Waals surface area contributed by atoms with E-state index in [0.29, 0.717) is 13.0 Å². The van der Waals surface area contributed by atoms with E-state index < -0.39 is 15.3 Å². The molecule has 0 aliphatic rings. The van der Waals surface area contributed by atoms with Gasteiger partial charge in [0.25, 0.3) is 0 Å². The van der Waals surface area contributed by atoms with Crippen LogP contribution in [0.25, 0.3) is 0 Å². The van der Waals surface area contributed by atoms with E-state index >= 15 is 0 Å². The van der Waals surface area contributed by atoms with Gasteiger partial charge < -0.3 is 0 Å². The number of ketones is 1. The Bertz CT molecular complexity index is 380. The van der Waals surface area contributed by atoms with E-state index in [1.807, 2.05) is 27.7 Å². The van der Waals surface area contributed by atoms with Crippen LogP contribution in [0.4, 0.5) is 0 Å². The van der Waals surface area contributed by atoms with Crippen molar-refractivity contribution >= 4 is 15.8 Å². The summed E-state index contributed by atoms with van der Waals surface area (Å²) in [4.78, 5) is 12.0. The molecule has 1 atom stereocenters. The molecule has 0 amide bonds. The molecular formula is C13H27NO3S. The lowest BCUT2D eigenvalue weighted by atomic mass is 9.82. The third kappa shape index (κ3) is 4.69. The van der Waals surface area contributed by atoms with Crippen LogP contribution in [0.15, 0.2) is 0 Å². The summed E-state index contributed by atoms with van der Waals surface area (Å²) in [6.45, 7) is 11.2. The predicted octanol–water partition coefficient (Wildman–Crippen LogP) is 2.30. The normalized spacial score (nSPS) is 15.2. The van der Waals surface area contributed by atoms with Gasteiger partial charge in [0.1, 0.15) is 5.78 Å². The van der Waals surface area contributed by atoms with Gasteiger partial charge in [-0.1, -0.05) is 27.7 Å². The Balaban J connectivity index is 4.49. The van der Waals surface area contributed by atoms with Crippen molar-refractivity contribution in [1.82, 2.24) is 4.31 Å². The molecule has 0 saturated heterocycles. The molecule has 0 aliphatic heterocycles. The number of hydrogen-bond donors (Lipinski definition) is 0. The van der Waals surface area contributed by atoms with Crippen molar-refractivity contribution < 1.29 is 13.2 Å². The Kier molecular flexibility index (Phi) is 6.01. The highest BCUT2D eigenvalue weighted by atomic mass is 32.2. The summed E-state index contributed by atoms with van der Waals surface area (Å²) in [6, 6.07) is 0. The smallest absolute Gasteiger partial charge is 0.216 e. The van der Waals surface area contributed by atoms with Crippen molar-refractivity contribution in [3.63, 3.8) is 0 Å². The molecule has 4 nitrogen and oxygen atoms in total. The standard InChI is InChI=1S/C13H27NO3S/c1-10(2)18(16,17)14(7)9-8-11(3)12(15)13(4,5)6/h10-11H,8-9H2,1-7H3. The average Bonchev–Trinajstić information content (AvgIpc) is 2.22. The maximum atomic E-state index is 12.0. The third-order valence-electron chi connectivity index (χ3n) is 3.09. The third-order valence-corrected chi connectivity index (χ3v) is 5.34. The van der Waals surface area contributed by atoms with E-state index in [1.165, 1.54) is 4.31 Å². The van der Waals surface area contributed by atoms with Gasteiger partial charge in [-0.15, -0.1) is 0 Å². The molecule has 0 rings (SSSR count). The van der Waals surface area contributed by atoms with E-state index in [0.717, 1.165) is 0 Å². The monoisotopic (exact) mass is 277 g/mol. The molecule has 0 bridgehead atoms. The second kappa shape index (κ2) is 6.15. The topological polar surface area (TPSA) is 54.5 Å². The van der Waals surface area contributed by atoms with Crippen molar-refractivity contribution in [3.8, 4) is 0 Å². The summed E-state index contributed by atoms with van der Waals surface area (Å²) >= 11 is 0. The van der Waals surface area contributed by atoms with Gasteiger partial charge in [0, 0.05) is 24.9 Å². The molecule has 1 unspecified atom stereocenters. The lowest BCUT2D eigenvalue weighted by Crippen LogP contribution is -2.36. The molecule has 0 aromatic rings. The number of carbonyl (C=O) groups excluding carboxylic acids is 1. The number of Topliss-reactive ketones (excluding diaryl/α,β-unsaturated/α-hetero) is 1. The number of nitrogens with zero attached hydrogens (tertiary/aromatic N) is 1. The van der Waals surface area contributed by atoms with Crippen LogP contribution in [0.5, 0.6) is 0 Å². The summed E-state index contributed by atoms with van der Waals surface area (Å²) in [5, 5.41) is -0.420. The minimum atomic E-state index is -3.21. The fraction of sp³-hybridized carbons (Fsp3) is 0.923. The van der Waals surface area contributed by atoms with Crippen LogP contribution in [0.3, 0.4) is 0 Å². The van der Waals surface area contributed by atoms with Crippen molar-refractivity contribution in [2.24, 2.45) is 11.3 Å². The highest BCUT2D eigenvalue weighted by molar-refractivity contribution is 7.89. The molecule has 18 heavy (non-hydrogen) atoms. The molecule has 0 aromatic heterocycles. The first-order valence-electron chi connectivity index (χ1n) is 6.40. The number of hydrogen-bond acceptors (Lipinski definition) is 3. The molecule has 0 spiro atoms. The Labute approximate surface area is 112 Å². The SMILES string of the molecule is CC(CCN(C)S(=O)(=O)C(C)C)C(=O)C(C)(C)C. The summed E-state index contributed by atoms with van der Waals surface area (Å²) in [5.41, 5.74) is -0.366. The van der Waals surface area contributed by atoms with E-state index in [2.05, 4.69) is 0 Å². The molecule has 0 heterocycles. The van der Waals surface area contributed by atoms with E-state index in [9.17, 15) is 13.2 Å². The zero-order valence-electron chi connectivity index (χ0n) is 12.6. The van der Waals surface area contributed by atoms with Crippen LogP contribution in [-0.4, -0.2) is 37.3 Å². The second-order valence-electron chi connectivity index (χ2n) is 6.22. The van der Waals surface area contributed by atoms with Crippen LogP contribution >= 0.6 is 0 Å². The lowest BCUT2D eigenvalue weighted by Gasteiger charge is -2.24. The molecule has 0 fully saturated rings. The highest BCUT2D eigenvalue weighted by Gasteiger charge is 2.28. The molecule has 0 aromatic carbocycles. The van der Waals surface area contributed by atoms with Crippen LogP contribution in [0.2, 0.25) is 0 Å². The van der Waals surface area contributed by atoms with Gasteiger partial charge in [0.2, 0.25) is 10.0 Å². The van der Waals surface area contributed by atoms with Crippen molar-refractivity contribution in [2.45, 2.75) is 53.2 Å². The van der Waals surface area contributed by atoms with Gasteiger partial charge in [-0.05, 0) is 20.3 Å². The quantitative estimate of drug-likeness (QED) is 0.748. The van der Waals surface area contributed by atoms with Gasteiger partial charge in [-0.3, -0.25) is 4.79 Å². The van der Waals surface area contributed by atoms with Gasteiger partial charge in [0.05, 0.1) is 5.25 Å². The molecule has 5 heteroatoms. The van der Waals surface area contributed by atoms with E-state index in [4.69, 9.17) is 0 Å². The summed E-state index contributed by atoms with van der Waals surface area (Å²) < 4.78 is 25.1. The molecule has 0 saturated carbocycles. The largest absolute Gasteiger partial charge is 0.299 e. The maximum absolute atomic E-state index is 12.0. The van der Waals surface area contributed by atoms with Gasteiger partial charge in [-0.2, -0.15) is 0 Å². The first kappa shape index (κ1) is 17.6. The number of sulfonamides is 1. The first-order chi connectivity index (χ1) is 7.90. The van der Waals surface area contributed by atoms with Gasteiger partial charge in [0.15, 0.2) is 0 Å². The van der Waals surface area contributed by atoms with Crippen molar-refractivity contribution in [1.29, 1.82) is 0 Å². The lowest BCUT2D eigenvalue weighted by molar-refractivity contribution is -0.130. The van der Waals surface area contributed by atoms with Crippen LogP contribution in [0.1, 0.15) is 48.0 Å². The van der Waals surface area contributed by atoms with E-state index in [1.54, 1.807) is 20.9 Å². The van der Waals surface area contributed by atoms with Crippen LogP contribution in [0, 0.1) is 11.3 Å². The number of rotatable bonds is 6. The summed E-state index contributed by atoms with van der Waals surface area (Å²) in [5.74, 6) is 0.0626. The Morgan fingerprint density at radius 2 is 1.61 bits per heavy atom. The number of carbonyl (C=O) groups is 1. The Morgan fingerprint density at radius 1 is 1.17 bits per heavy atom. The van der Waals surface area contributed by atoms with E-state index in [-0.39, 0.29) is 17.1 Å². The second-order valence-corrected chi connectivity index (χ2v) is 8.82. The zero-order valence-corrected chi connectivity index (χ0v) is 13.5. The van der Waals surface area contributed by atoms with Crippen LogP contribution < -0.4 is 0 Å². The zero-order chi connectivity index (χ0) is 14.7.